The molecule has 1 aliphatic carbocycles. The van der Waals surface area contributed by atoms with Crippen LogP contribution < -0.4 is 24.8 Å². The van der Waals surface area contributed by atoms with Crippen LogP contribution in [0, 0.1) is 6.08 Å². The van der Waals surface area contributed by atoms with Gasteiger partial charge in [0, 0.05) is 0 Å². The van der Waals surface area contributed by atoms with E-state index in [4.69, 9.17) is 0 Å². The molecule has 0 amide bonds. The van der Waals surface area contributed by atoms with E-state index in [1.165, 1.54) is 79.2 Å². The maximum Gasteiger partial charge on any atom is -0.109 e. The van der Waals surface area contributed by atoms with Gasteiger partial charge in [0.1, 0.15) is 0 Å². The van der Waals surface area contributed by atoms with Gasteiger partial charge in [0.15, 0.2) is 0 Å². The molecule has 1 aliphatic rings. The van der Waals surface area contributed by atoms with E-state index in [2.05, 4.69) is 145 Å². The molecule has 8 rings (SSSR count). The topological polar surface area (TPSA) is 0 Å². The maximum atomic E-state index is 12.7. The van der Waals surface area contributed by atoms with E-state index in [0.29, 0.717) is 3.21 Å². The standard InChI is InChI=1S/C33H33.C15H8F6.C5H5.2ClH.Zr/c1-32(2,3)30-20-26-24(18-28(30)22-13-9-7-10-14-22)17-25-19-29(23-15-11-8-12-16-23)31(21-27(25)26)33(4,5)6;16-14(17,18)12-5-1-3-10(8-12)7-11-4-2-6-13(9-11)15(19,20)21;1-2-4-5-3-1;;;/h7-21H,1-6H3;1-6,8-9H;1-3H,4H2;2*1H;/q-1;;-1;;;+2/p-2. The number of allylic oxidation sites excluding steroid dienone is 4. The van der Waals surface area contributed by atoms with Crippen molar-refractivity contribution in [3.63, 3.8) is 0 Å². The van der Waals surface area contributed by atoms with Crippen LogP contribution in [0.3, 0.4) is 0 Å². The second-order valence-electron chi connectivity index (χ2n) is 16.9. The van der Waals surface area contributed by atoms with Crippen LogP contribution in [0.5, 0.6) is 0 Å². The van der Waals surface area contributed by atoms with Crippen LogP contribution in [0.1, 0.15) is 81.3 Å². The van der Waals surface area contributed by atoms with Crippen LogP contribution in [0.4, 0.5) is 26.3 Å². The third kappa shape index (κ3) is 12.2. The third-order valence-electron chi connectivity index (χ3n) is 10.3. The summed E-state index contributed by atoms with van der Waals surface area (Å²) in [6.07, 6.45) is 1.03. The fraction of sp³-hybridized carbons (Fsp3) is 0.208. The average molecular weight is 959 g/mol. The Labute approximate surface area is 388 Å². The number of halogens is 8. The quantitative estimate of drug-likeness (QED) is 0.122. The molecule has 0 spiro atoms. The monoisotopic (exact) mass is 956 g/mol. The van der Waals surface area contributed by atoms with E-state index in [1.54, 1.807) is 0 Å². The number of fused-ring (bicyclic) bond motifs is 3. The van der Waals surface area contributed by atoms with Crippen LogP contribution in [0.15, 0.2) is 158 Å². The minimum absolute atomic E-state index is 0. The van der Waals surface area contributed by atoms with Gasteiger partial charge >= 0.3 is 137 Å². The molecule has 0 saturated carbocycles. The molecular weight excluding hydrogens is 913 g/mol. The molecule has 0 N–H and O–H groups in total. The van der Waals surface area contributed by atoms with Gasteiger partial charge in [-0.1, -0.05) is 114 Å². The Morgan fingerprint density at radius 2 is 0.935 bits per heavy atom. The first kappa shape index (κ1) is 50.2. The number of hydrogen-bond donors (Lipinski definition) is 0. The molecular formula is C53H46Cl2F6Zr-2. The van der Waals surface area contributed by atoms with Gasteiger partial charge in [0.25, 0.3) is 0 Å². The maximum absolute atomic E-state index is 12.7. The van der Waals surface area contributed by atoms with Crippen LogP contribution in [0.25, 0.3) is 43.8 Å². The van der Waals surface area contributed by atoms with Crippen LogP contribution >= 0.6 is 0 Å². The summed E-state index contributed by atoms with van der Waals surface area (Å²) >= 11 is 0.729. The fourth-order valence-corrected chi connectivity index (χ4v) is 8.03. The molecule has 62 heavy (non-hydrogen) atoms. The van der Waals surface area contributed by atoms with Crippen LogP contribution in [-0.2, 0) is 47.4 Å². The summed E-state index contributed by atoms with van der Waals surface area (Å²) < 4.78 is 76.7. The number of benzene rings is 6. The Morgan fingerprint density at radius 1 is 0.532 bits per heavy atom. The molecule has 0 nitrogen and oxygen atoms in total. The zero-order chi connectivity index (χ0) is 43.5. The Kier molecular flexibility index (Phi) is 16.5. The second kappa shape index (κ2) is 20.4. The number of hydrogen-bond acceptors (Lipinski definition) is 0. The normalized spacial score (nSPS) is 12.5. The van der Waals surface area contributed by atoms with Gasteiger partial charge in [0.05, 0.1) is 0 Å². The molecule has 0 aromatic heterocycles. The van der Waals surface area contributed by atoms with Crippen molar-refractivity contribution < 1.29 is 75.4 Å². The van der Waals surface area contributed by atoms with Crippen LogP contribution in [-0.4, -0.2) is 3.21 Å². The van der Waals surface area contributed by atoms with Gasteiger partial charge < -0.3 is 24.8 Å². The minimum atomic E-state index is -4.49. The summed E-state index contributed by atoms with van der Waals surface area (Å²) in [6.45, 7) is 13.9. The van der Waals surface area contributed by atoms with E-state index in [0.717, 1.165) is 54.9 Å². The van der Waals surface area contributed by atoms with Gasteiger partial charge in [-0.05, 0) is 44.2 Å². The molecule has 0 atom stereocenters. The Hall–Kier alpha value is -4.42. The van der Waals surface area contributed by atoms with Crippen LogP contribution in [0.2, 0.25) is 0 Å². The van der Waals surface area contributed by atoms with Crippen molar-refractivity contribution in [2.24, 2.45) is 0 Å². The molecule has 0 aliphatic heterocycles. The second-order valence-corrected chi connectivity index (χ2v) is 18.1. The largest absolute Gasteiger partial charge is 1.00 e. The molecule has 0 radical (unpaired) electrons. The van der Waals surface area contributed by atoms with Gasteiger partial charge in [-0.25, -0.2) is 12.2 Å². The average Bonchev–Trinajstić information content (AvgIpc) is 3.91. The molecule has 7 aromatic rings. The molecule has 0 unspecified atom stereocenters. The van der Waals surface area contributed by atoms with E-state index in [-0.39, 0.29) is 46.8 Å². The number of alkyl halides is 6. The van der Waals surface area contributed by atoms with E-state index < -0.39 is 23.5 Å². The summed E-state index contributed by atoms with van der Waals surface area (Å²) in [5.74, 6) is 0. The first-order valence-electron chi connectivity index (χ1n) is 19.7. The molecule has 0 fully saturated rings. The predicted octanol–water partition coefficient (Wildman–Crippen LogP) is 9.79. The fourth-order valence-electron chi connectivity index (χ4n) is 7.27. The van der Waals surface area contributed by atoms with Crippen molar-refractivity contribution >= 4 is 24.8 Å². The van der Waals surface area contributed by atoms with E-state index in [9.17, 15) is 26.3 Å². The van der Waals surface area contributed by atoms with Gasteiger partial charge in [-0.2, -0.15) is 6.08 Å². The molecule has 320 valence electrons. The van der Waals surface area contributed by atoms with Crippen molar-refractivity contribution in [2.75, 3.05) is 0 Å². The van der Waals surface area contributed by atoms with Crippen molar-refractivity contribution in [3.8, 4) is 22.3 Å². The Balaban J connectivity index is 0.000000252. The Morgan fingerprint density at radius 3 is 1.24 bits per heavy atom. The van der Waals surface area contributed by atoms with Gasteiger partial charge in [-0.3, -0.25) is 6.08 Å². The summed E-state index contributed by atoms with van der Waals surface area (Å²) in [6, 6.07) is 42.9. The first-order chi connectivity index (χ1) is 28.2. The van der Waals surface area contributed by atoms with Crippen molar-refractivity contribution in [1.29, 1.82) is 0 Å². The van der Waals surface area contributed by atoms with E-state index >= 15 is 0 Å². The minimum Gasteiger partial charge on any atom is -1.00 e. The zero-order valence-electron chi connectivity index (χ0n) is 35.2. The van der Waals surface area contributed by atoms with Gasteiger partial charge in [0.2, 0.25) is 0 Å². The molecule has 0 saturated heterocycles. The third-order valence-corrected chi connectivity index (χ3v) is 11.7. The SMILES string of the molecule is CC(C)(C)c1cc2c(cc1-c1ccccc1)[cH-]c1cc(-c3ccccc3)c(C(C)(C)C)cc12.FC(F)(F)c1cccc([C](=[Zr+2])c2cccc(C(F)(F)F)c2)c1.[C-]1=CC=CC1.[Cl-].[Cl-]. The molecule has 9 heteroatoms. The summed E-state index contributed by atoms with van der Waals surface area (Å²) in [5, 5.41) is 5.36. The molecule has 0 heterocycles. The van der Waals surface area contributed by atoms with Crippen molar-refractivity contribution in [2.45, 2.75) is 71.1 Å². The predicted molar refractivity (Wildman–Crippen MR) is 233 cm³/mol. The van der Waals surface area contributed by atoms with Crippen molar-refractivity contribution in [1.82, 2.24) is 0 Å². The summed E-state index contributed by atoms with van der Waals surface area (Å²) in [7, 11) is 0. The zero-order valence-corrected chi connectivity index (χ0v) is 39.2. The Bertz CT molecular complexity index is 2490. The first-order valence-corrected chi connectivity index (χ1v) is 20.9. The summed E-state index contributed by atoms with van der Waals surface area (Å²) in [5.41, 5.74) is 7.06. The molecule has 0 bridgehead atoms. The summed E-state index contributed by atoms with van der Waals surface area (Å²) in [4.78, 5) is 0. The smallest absolute Gasteiger partial charge is 0.109 e. The van der Waals surface area contributed by atoms with E-state index in [1.807, 2.05) is 12.2 Å². The van der Waals surface area contributed by atoms with Crippen molar-refractivity contribution in [3.05, 3.63) is 197 Å². The van der Waals surface area contributed by atoms with Gasteiger partial charge in [-0.15, -0.1) is 46.2 Å². The molecule has 7 aromatic carbocycles. The number of rotatable bonds is 4.